The van der Waals surface area contributed by atoms with Crippen LogP contribution in [0.15, 0.2) is 30.3 Å². The molecular weight excluding hydrogens is 246 g/mol. The van der Waals surface area contributed by atoms with Gasteiger partial charge >= 0.3 is 0 Å². The predicted molar refractivity (Wildman–Crippen MR) is 73.3 cm³/mol. The molecule has 2 rings (SSSR count). The zero-order valence-corrected chi connectivity index (χ0v) is 10.8. The summed E-state index contributed by atoms with van der Waals surface area (Å²) in [6.07, 6.45) is -0.445. The highest BCUT2D eigenvalue weighted by Gasteiger charge is 2.09. The SMILES string of the molecule is CC(O)CN(C)c1ccc2cc([N+](=O)[O-])ccc2n1. The van der Waals surface area contributed by atoms with Gasteiger partial charge in [-0.1, -0.05) is 0 Å². The summed E-state index contributed by atoms with van der Waals surface area (Å²) < 4.78 is 0. The van der Waals surface area contributed by atoms with Gasteiger partial charge in [0.2, 0.25) is 0 Å². The number of benzene rings is 1. The van der Waals surface area contributed by atoms with E-state index in [1.54, 1.807) is 25.1 Å². The first-order valence-corrected chi connectivity index (χ1v) is 5.92. The zero-order chi connectivity index (χ0) is 14.0. The molecule has 0 saturated heterocycles. The lowest BCUT2D eigenvalue weighted by Crippen LogP contribution is -2.27. The van der Waals surface area contributed by atoms with Crippen LogP contribution in [-0.4, -0.2) is 34.7 Å². The quantitative estimate of drug-likeness (QED) is 0.672. The number of anilines is 1. The van der Waals surface area contributed by atoms with Crippen molar-refractivity contribution in [3.05, 3.63) is 40.4 Å². The normalized spacial score (nSPS) is 12.4. The van der Waals surface area contributed by atoms with Crippen LogP contribution in [0.4, 0.5) is 11.5 Å². The summed E-state index contributed by atoms with van der Waals surface area (Å²) in [5.41, 5.74) is 0.750. The van der Waals surface area contributed by atoms with Crippen LogP contribution in [0.3, 0.4) is 0 Å². The van der Waals surface area contributed by atoms with Crippen molar-refractivity contribution < 1.29 is 10.0 Å². The van der Waals surface area contributed by atoms with E-state index in [0.717, 1.165) is 11.2 Å². The lowest BCUT2D eigenvalue weighted by Gasteiger charge is -2.19. The van der Waals surface area contributed by atoms with Crippen LogP contribution in [0.5, 0.6) is 0 Å². The summed E-state index contributed by atoms with van der Waals surface area (Å²) in [5.74, 6) is 0.724. The Morgan fingerprint density at radius 2 is 2.16 bits per heavy atom. The molecule has 0 aliphatic rings. The van der Waals surface area contributed by atoms with Crippen molar-refractivity contribution in [2.45, 2.75) is 13.0 Å². The molecule has 0 bridgehead atoms. The van der Waals surface area contributed by atoms with E-state index in [-0.39, 0.29) is 5.69 Å². The first kappa shape index (κ1) is 13.2. The van der Waals surface area contributed by atoms with Gasteiger partial charge in [0.1, 0.15) is 5.82 Å². The molecule has 1 heterocycles. The molecule has 1 atom stereocenters. The number of nitro groups is 1. The molecule has 1 unspecified atom stereocenters. The summed E-state index contributed by atoms with van der Waals surface area (Å²) in [5, 5.41) is 20.8. The average molecular weight is 261 g/mol. The number of fused-ring (bicyclic) bond motifs is 1. The molecule has 19 heavy (non-hydrogen) atoms. The van der Waals surface area contributed by atoms with Gasteiger partial charge in [0.25, 0.3) is 5.69 Å². The molecule has 0 spiro atoms. The minimum Gasteiger partial charge on any atom is -0.392 e. The van der Waals surface area contributed by atoms with E-state index < -0.39 is 11.0 Å². The highest BCUT2D eigenvalue weighted by atomic mass is 16.6. The number of aliphatic hydroxyl groups excluding tert-OH is 1. The fraction of sp³-hybridized carbons (Fsp3) is 0.308. The van der Waals surface area contributed by atoms with Crippen molar-refractivity contribution >= 4 is 22.4 Å². The Balaban J connectivity index is 2.36. The monoisotopic (exact) mass is 261 g/mol. The summed E-state index contributed by atoms with van der Waals surface area (Å²) in [4.78, 5) is 16.5. The van der Waals surface area contributed by atoms with Gasteiger partial charge in [-0.3, -0.25) is 10.1 Å². The summed E-state index contributed by atoms with van der Waals surface area (Å²) >= 11 is 0. The standard InChI is InChI=1S/C13H15N3O3/c1-9(17)8-15(2)13-6-3-10-7-11(16(18)19)4-5-12(10)14-13/h3-7,9,17H,8H2,1-2H3. The zero-order valence-electron chi connectivity index (χ0n) is 10.8. The van der Waals surface area contributed by atoms with Crippen LogP contribution in [0, 0.1) is 10.1 Å². The lowest BCUT2D eigenvalue weighted by molar-refractivity contribution is -0.384. The molecule has 100 valence electrons. The van der Waals surface area contributed by atoms with Gasteiger partial charge in [-0.05, 0) is 25.1 Å². The molecule has 1 aromatic heterocycles. The first-order chi connectivity index (χ1) is 8.97. The maximum Gasteiger partial charge on any atom is 0.270 e. The van der Waals surface area contributed by atoms with Crippen molar-refractivity contribution in [3.63, 3.8) is 0 Å². The summed E-state index contributed by atoms with van der Waals surface area (Å²) in [6, 6.07) is 8.15. The van der Waals surface area contributed by atoms with E-state index in [0.29, 0.717) is 12.1 Å². The largest absolute Gasteiger partial charge is 0.392 e. The molecule has 0 saturated carbocycles. The number of pyridine rings is 1. The number of aromatic nitrogens is 1. The second-order valence-corrected chi connectivity index (χ2v) is 4.53. The number of hydrogen-bond acceptors (Lipinski definition) is 5. The maximum atomic E-state index is 10.7. The van der Waals surface area contributed by atoms with Gasteiger partial charge in [0.05, 0.1) is 16.5 Å². The first-order valence-electron chi connectivity index (χ1n) is 5.92. The van der Waals surface area contributed by atoms with Crippen LogP contribution in [0.25, 0.3) is 10.9 Å². The molecule has 0 aliphatic carbocycles. The average Bonchev–Trinajstić information content (AvgIpc) is 2.36. The number of nitrogens with zero attached hydrogens (tertiary/aromatic N) is 3. The Morgan fingerprint density at radius 1 is 1.42 bits per heavy atom. The predicted octanol–water partition coefficient (Wildman–Crippen LogP) is 1.96. The fourth-order valence-electron chi connectivity index (χ4n) is 1.92. The van der Waals surface area contributed by atoms with Crippen LogP contribution in [0.1, 0.15) is 6.92 Å². The minimum atomic E-state index is -0.445. The molecule has 0 radical (unpaired) electrons. The number of nitro benzene ring substituents is 1. The van der Waals surface area contributed by atoms with E-state index in [9.17, 15) is 15.2 Å². The van der Waals surface area contributed by atoms with Crippen LogP contribution in [-0.2, 0) is 0 Å². The van der Waals surface area contributed by atoms with Gasteiger partial charge in [-0.25, -0.2) is 4.98 Å². The molecular formula is C13H15N3O3. The van der Waals surface area contributed by atoms with Crippen LogP contribution < -0.4 is 4.90 Å². The van der Waals surface area contributed by atoms with E-state index in [4.69, 9.17) is 0 Å². The van der Waals surface area contributed by atoms with Gasteiger partial charge in [0.15, 0.2) is 0 Å². The highest BCUT2D eigenvalue weighted by molar-refractivity contribution is 5.82. The molecule has 0 amide bonds. The highest BCUT2D eigenvalue weighted by Crippen LogP contribution is 2.22. The third kappa shape index (κ3) is 2.97. The maximum absolute atomic E-state index is 10.7. The molecule has 6 nitrogen and oxygen atoms in total. The van der Waals surface area contributed by atoms with Crippen molar-refractivity contribution in [1.29, 1.82) is 0 Å². The van der Waals surface area contributed by atoms with Crippen molar-refractivity contribution in [3.8, 4) is 0 Å². The minimum absolute atomic E-state index is 0.0550. The topological polar surface area (TPSA) is 79.5 Å². The molecule has 0 fully saturated rings. The molecule has 1 aromatic carbocycles. The second-order valence-electron chi connectivity index (χ2n) is 4.53. The molecule has 0 aliphatic heterocycles. The van der Waals surface area contributed by atoms with Crippen molar-refractivity contribution in [1.82, 2.24) is 4.98 Å². The molecule has 6 heteroatoms. The third-order valence-corrected chi connectivity index (χ3v) is 2.80. The number of aliphatic hydroxyl groups is 1. The number of rotatable bonds is 4. The molecule has 1 N–H and O–H groups in total. The fourth-order valence-corrected chi connectivity index (χ4v) is 1.92. The molecule has 2 aromatic rings. The van der Waals surface area contributed by atoms with E-state index >= 15 is 0 Å². The Labute approximate surface area is 110 Å². The third-order valence-electron chi connectivity index (χ3n) is 2.80. The Bertz CT molecular complexity index is 613. The number of hydrogen-bond donors (Lipinski definition) is 1. The van der Waals surface area contributed by atoms with Gasteiger partial charge in [0, 0.05) is 31.1 Å². The Hall–Kier alpha value is -2.21. The van der Waals surface area contributed by atoms with Crippen LogP contribution >= 0.6 is 0 Å². The van der Waals surface area contributed by atoms with Crippen molar-refractivity contribution in [2.24, 2.45) is 0 Å². The Kier molecular flexibility index (Phi) is 3.62. The summed E-state index contributed by atoms with van der Waals surface area (Å²) in [6.45, 7) is 2.19. The van der Waals surface area contributed by atoms with Crippen molar-refractivity contribution in [2.75, 3.05) is 18.5 Å². The smallest absolute Gasteiger partial charge is 0.270 e. The lowest BCUT2D eigenvalue weighted by atomic mass is 10.2. The Morgan fingerprint density at radius 3 is 2.79 bits per heavy atom. The van der Waals surface area contributed by atoms with E-state index in [1.807, 2.05) is 11.9 Å². The summed E-state index contributed by atoms with van der Waals surface area (Å²) in [7, 11) is 1.84. The van der Waals surface area contributed by atoms with Gasteiger partial charge in [-0.15, -0.1) is 0 Å². The number of likely N-dealkylation sites (N-methyl/N-ethyl adjacent to an activating group) is 1. The van der Waals surface area contributed by atoms with E-state index in [2.05, 4.69) is 4.98 Å². The number of non-ortho nitro benzene ring substituents is 1. The van der Waals surface area contributed by atoms with E-state index in [1.165, 1.54) is 12.1 Å². The van der Waals surface area contributed by atoms with Gasteiger partial charge in [-0.2, -0.15) is 0 Å². The second kappa shape index (κ2) is 5.19. The van der Waals surface area contributed by atoms with Crippen LogP contribution in [0.2, 0.25) is 0 Å². The van der Waals surface area contributed by atoms with Gasteiger partial charge < -0.3 is 10.0 Å².